The van der Waals surface area contributed by atoms with Crippen molar-refractivity contribution in [3.8, 4) is 6.07 Å². The predicted molar refractivity (Wildman–Crippen MR) is 91.5 cm³/mol. The number of aryl methyl sites for hydroxylation is 1. The first-order chi connectivity index (χ1) is 11.6. The van der Waals surface area contributed by atoms with E-state index in [9.17, 15) is 9.65 Å². The molecule has 0 saturated carbocycles. The van der Waals surface area contributed by atoms with Crippen LogP contribution >= 0.6 is 0 Å². The van der Waals surface area contributed by atoms with E-state index in [0.29, 0.717) is 5.69 Å². The van der Waals surface area contributed by atoms with Crippen LogP contribution in [0.5, 0.6) is 0 Å². The van der Waals surface area contributed by atoms with Gasteiger partial charge in [0.05, 0.1) is 5.69 Å². The number of anilines is 2. The van der Waals surface area contributed by atoms with Gasteiger partial charge in [0.15, 0.2) is 0 Å². The van der Waals surface area contributed by atoms with Gasteiger partial charge >= 0.3 is 0 Å². The highest BCUT2D eigenvalue weighted by Gasteiger charge is 2.26. The maximum atomic E-state index is 13.9. The Labute approximate surface area is 141 Å². The third-order valence-corrected chi connectivity index (χ3v) is 4.54. The molecule has 3 rings (SSSR count). The fourth-order valence-electron chi connectivity index (χ4n) is 3.20. The first-order valence-electron chi connectivity index (χ1n) is 8.05. The lowest BCUT2D eigenvalue weighted by atomic mass is 10.0. The van der Waals surface area contributed by atoms with Crippen LogP contribution in [-0.4, -0.2) is 36.1 Å². The second-order valence-electron chi connectivity index (χ2n) is 6.12. The van der Waals surface area contributed by atoms with Crippen molar-refractivity contribution in [2.24, 2.45) is 0 Å². The highest BCUT2D eigenvalue weighted by molar-refractivity contribution is 5.60. The Hall–Kier alpha value is -2.68. The van der Waals surface area contributed by atoms with Crippen molar-refractivity contribution in [2.45, 2.75) is 25.8 Å². The first-order valence-corrected chi connectivity index (χ1v) is 8.05. The molecule has 0 spiro atoms. The Morgan fingerprint density at radius 3 is 2.96 bits per heavy atom. The number of piperidine rings is 1. The molecule has 1 aromatic carbocycles. The van der Waals surface area contributed by atoms with Crippen molar-refractivity contribution >= 4 is 11.5 Å². The van der Waals surface area contributed by atoms with Gasteiger partial charge in [-0.3, -0.25) is 0 Å². The van der Waals surface area contributed by atoms with Gasteiger partial charge in [-0.2, -0.15) is 5.26 Å². The minimum absolute atomic E-state index is 0.124. The topological polar surface area (TPSA) is 56.0 Å². The summed E-state index contributed by atoms with van der Waals surface area (Å²) in [5.74, 6) is 0.422. The van der Waals surface area contributed by atoms with Gasteiger partial charge in [-0.15, -0.1) is 0 Å². The number of nitrogens with zero attached hydrogens (tertiary/aromatic N) is 5. The smallest absolute Gasteiger partial charge is 0.143 e. The summed E-state index contributed by atoms with van der Waals surface area (Å²) in [5.41, 5.74) is 1.73. The molecular weight excluding hydrogens is 305 g/mol. The van der Waals surface area contributed by atoms with Crippen molar-refractivity contribution in [1.82, 2.24) is 9.97 Å². The van der Waals surface area contributed by atoms with Crippen LogP contribution in [0.15, 0.2) is 30.6 Å². The molecule has 124 valence electrons. The summed E-state index contributed by atoms with van der Waals surface area (Å²) in [4.78, 5) is 12.7. The number of halogens is 1. The maximum Gasteiger partial charge on any atom is 0.143 e. The average Bonchev–Trinajstić information content (AvgIpc) is 2.61. The fraction of sp³-hybridized carbons (Fsp3) is 0.389. The molecule has 0 aliphatic carbocycles. The monoisotopic (exact) mass is 325 g/mol. The van der Waals surface area contributed by atoms with Crippen LogP contribution in [0.4, 0.5) is 15.9 Å². The Kier molecular flexibility index (Phi) is 4.61. The van der Waals surface area contributed by atoms with Gasteiger partial charge in [-0.25, -0.2) is 14.4 Å². The van der Waals surface area contributed by atoms with Crippen LogP contribution in [0, 0.1) is 24.1 Å². The van der Waals surface area contributed by atoms with E-state index in [1.165, 1.54) is 6.07 Å². The van der Waals surface area contributed by atoms with Gasteiger partial charge in [-0.1, -0.05) is 6.07 Å². The third kappa shape index (κ3) is 3.16. The van der Waals surface area contributed by atoms with Crippen molar-refractivity contribution in [2.75, 3.05) is 29.9 Å². The molecule has 6 heteroatoms. The highest BCUT2D eigenvalue weighted by Crippen LogP contribution is 2.28. The molecular formula is C18H20FN5. The largest absolute Gasteiger partial charge is 0.368 e. The molecule has 1 aliphatic rings. The number of hydrogen-bond acceptors (Lipinski definition) is 5. The van der Waals surface area contributed by atoms with E-state index in [4.69, 9.17) is 0 Å². The van der Waals surface area contributed by atoms with Crippen LogP contribution in [0.2, 0.25) is 0 Å². The minimum Gasteiger partial charge on any atom is -0.368 e. The average molecular weight is 325 g/mol. The van der Waals surface area contributed by atoms with Crippen molar-refractivity contribution in [3.05, 3.63) is 47.7 Å². The second kappa shape index (κ2) is 6.83. The van der Waals surface area contributed by atoms with Crippen LogP contribution < -0.4 is 9.80 Å². The number of nitriles is 1. The Bertz CT molecular complexity index is 770. The van der Waals surface area contributed by atoms with E-state index in [1.807, 2.05) is 32.2 Å². The van der Waals surface area contributed by atoms with Crippen molar-refractivity contribution < 1.29 is 4.39 Å². The summed E-state index contributed by atoms with van der Waals surface area (Å²) in [6.07, 6.45) is 3.59. The summed E-state index contributed by atoms with van der Waals surface area (Å²) in [7, 11) is 2.02. The quantitative estimate of drug-likeness (QED) is 0.868. The summed E-state index contributed by atoms with van der Waals surface area (Å²) in [5, 5.41) is 9.27. The van der Waals surface area contributed by atoms with Gasteiger partial charge < -0.3 is 9.80 Å². The summed E-state index contributed by atoms with van der Waals surface area (Å²) in [6.45, 7) is 3.50. The summed E-state index contributed by atoms with van der Waals surface area (Å²) >= 11 is 0. The standard InChI is InChI=1S/C18H20FN5/c1-13-9-18(22-12-21-13)23(2)14-5-4-8-24(11-14)17-7-3-6-16(19)15(17)10-20/h3,6-7,9,12,14H,4-5,8,11H2,1-2H3. The molecule has 0 radical (unpaired) electrons. The molecule has 0 amide bonds. The molecule has 1 atom stereocenters. The molecule has 1 aromatic heterocycles. The van der Waals surface area contributed by atoms with Gasteiger partial charge in [0, 0.05) is 37.9 Å². The molecule has 1 aliphatic heterocycles. The van der Waals surface area contributed by atoms with Crippen LogP contribution in [0.25, 0.3) is 0 Å². The zero-order valence-corrected chi connectivity index (χ0v) is 13.9. The lowest BCUT2D eigenvalue weighted by molar-refractivity contribution is 0.484. The molecule has 1 unspecified atom stereocenters. The van der Waals surface area contributed by atoms with E-state index in [1.54, 1.807) is 12.4 Å². The number of aromatic nitrogens is 2. The molecule has 1 saturated heterocycles. The molecule has 0 N–H and O–H groups in total. The normalized spacial score (nSPS) is 17.4. The summed E-state index contributed by atoms with van der Waals surface area (Å²) < 4.78 is 13.9. The summed E-state index contributed by atoms with van der Waals surface area (Å²) in [6, 6.07) is 9.02. The third-order valence-electron chi connectivity index (χ3n) is 4.54. The van der Waals surface area contributed by atoms with Crippen LogP contribution in [-0.2, 0) is 0 Å². The lowest BCUT2D eigenvalue weighted by Gasteiger charge is -2.39. The zero-order valence-electron chi connectivity index (χ0n) is 13.9. The van der Waals surface area contributed by atoms with Gasteiger partial charge in [0.1, 0.15) is 29.6 Å². The maximum absolute atomic E-state index is 13.9. The number of rotatable bonds is 3. The van der Waals surface area contributed by atoms with Gasteiger partial charge in [0.25, 0.3) is 0 Å². The molecule has 24 heavy (non-hydrogen) atoms. The van der Waals surface area contributed by atoms with E-state index in [0.717, 1.165) is 37.4 Å². The number of benzene rings is 1. The van der Waals surface area contributed by atoms with Crippen LogP contribution in [0.3, 0.4) is 0 Å². The molecule has 1 fully saturated rings. The fourth-order valence-corrected chi connectivity index (χ4v) is 3.20. The Morgan fingerprint density at radius 1 is 1.38 bits per heavy atom. The Balaban J connectivity index is 1.83. The van der Waals surface area contributed by atoms with Gasteiger partial charge in [-0.05, 0) is 31.9 Å². The molecule has 2 aromatic rings. The zero-order chi connectivity index (χ0) is 17.1. The second-order valence-corrected chi connectivity index (χ2v) is 6.12. The van der Waals surface area contributed by atoms with Crippen molar-refractivity contribution in [1.29, 1.82) is 5.26 Å². The molecule has 0 bridgehead atoms. The number of hydrogen-bond donors (Lipinski definition) is 0. The van der Waals surface area contributed by atoms with E-state index in [-0.39, 0.29) is 11.6 Å². The number of likely N-dealkylation sites (N-methyl/N-ethyl adjacent to an activating group) is 1. The SMILES string of the molecule is Cc1cc(N(C)C2CCCN(c3cccc(F)c3C#N)C2)ncn1. The minimum atomic E-state index is -0.461. The highest BCUT2D eigenvalue weighted by atomic mass is 19.1. The molecule has 2 heterocycles. The van der Waals surface area contributed by atoms with E-state index >= 15 is 0 Å². The van der Waals surface area contributed by atoms with Gasteiger partial charge in [0.2, 0.25) is 0 Å². The molecule has 5 nitrogen and oxygen atoms in total. The van der Waals surface area contributed by atoms with Crippen molar-refractivity contribution in [3.63, 3.8) is 0 Å². The van der Waals surface area contributed by atoms with Crippen LogP contribution in [0.1, 0.15) is 24.1 Å². The first kappa shape index (κ1) is 16.2. The lowest BCUT2D eigenvalue weighted by Crippen LogP contribution is -2.47. The Morgan fingerprint density at radius 2 is 2.21 bits per heavy atom. The predicted octanol–water partition coefficient (Wildman–Crippen LogP) is 2.90. The van der Waals surface area contributed by atoms with E-state index < -0.39 is 5.82 Å². The van der Waals surface area contributed by atoms with E-state index in [2.05, 4.69) is 19.8 Å².